The number of anilines is 4. The predicted molar refractivity (Wildman–Crippen MR) is 105 cm³/mol. The second-order valence-corrected chi connectivity index (χ2v) is 7.16. The van der Waals surface area contributed by atoms with Crippen LogP contribution < -0.4 is 15.5 Å². The van der Waals surface area contributed by atoms with Crippen molar-refractivity contribution in [2.24, 2.45) is 5.92 Å². The molecule has 1 saturated carbocycles. The van der Waals surface area contributed by atoms with Crippen molar-refractivity contribution in [3.05, 3.63) is 42.6 Å². The minimum atomic E-state index is 0.104. The average molecular weight is 351 g/mol. The summed E-state index contributed by atoms with van der Waals surface area (Å²) >= 11 is 0. The number of pyridine rings is 1. The molecule has 0 unspecified atom stereocenters. The summed E-state index contributed by atoms with van der Waals surface area (Å²) in [4.78, 5) is 20.9. The van der Waals surface area contributed by atoms with E-state index in [2.05, 4.69) is 56.7 Å². The highest BCUT2D eigenvalue weighted by Crippen LogP contribution is 2.30. The van der Waals surface area contributed by atoms with Gasteiger partial charge in [0, 0.05) is 43.5 Å². The molecule has 0 spiro atoms. The van der Waals surface area contributed by atoms with Gasteiger partial charge >= 0.3 is 0 Å². The van der Waals surface area contributed by atoms with E-state index in [1.54, 1.807) is 6.20 Å². The number of nitrogens with one attached hydrogen (secondary N) is 2. The van der Waals surface area contributed by atoms with Gasteiger partial charge in [-0.15, -0.1) is 0 Å². The van der Waals surface area contributed by atoms with Gasteiger partial charge < -0.3 is 20.4 Å². The molecule has 26 heavy (non-hydrogen) atoms. The minimum Gasteiger partial charge on any atom is -0.369 e. The lowest BCUT2D eigenvalue weighted by atomic mass is 10.2. The molecule has 1 saturated heterocycles. The van der Waals surface area contributed by atoms with E-state index in [0.29, 0.717) is 0 Å². The number of rotatable bonds is 5. The maximum atomic E-state index is 11.8. The molecule has 1 aromatic heterocycles. The normalized spacial score (nSPS) is 17.8. The molecule has 2 aliphatic rings. The third-order valence-corrected chi connectivity index (χ3v) is 4.99. The van der Waals surface area contributed by atoms with Crippen molar-refractivity contribution in [2.75, 3.05) is 48.8 Å². The topological polar surface area (TPSA) is 60.5 Å². The van der Waals surface area contributed by atoms with Crippen molar-refractivity contribution in [1.82, 2.24) is 9.88 Å². The van der Waals surface area contributed by atoms with Crippen molar-refractivity contribution in [3.63, 3.8) is 0 Å². The van der Waals surface area contributed by atoms with Gasteiger partial charge in [0.2, 0.25) is 5.91 Å². The third-order valence-electron chi connectivity index (χ3n) is 4.99. The van der Waals surface area contributed by atoms with Crippen LogP contribution in [0.25, 0.3) is 0 Å². The van der Waals surface area contributed by atoms with Gasteiger partial charge in [0.1, 0.15) is 5.82 Å². The molecule has 1 amide bonds. The SMILES string of the molecule is CN1CCN(c2ccc(Nc3ccc(NC(=O)C4CC4)cn3)cc2)CC1. The van der Waals surface area contributed by atoms with Crippen molar-refractivity contribution >= 4 is 28.8 Å². The molecule has 2 N–H and O–H groups in total. The zero-order valence-corrected chi connectivity index (χ0v) is 15.1. The molecule has 6 heteroatoms. The van der Waals surface area contributed by atoms with Crippen molar-refractivity contribution < 1.29 is 4.79 Å². The fourth-order valence-corrected chi connectivity index (χ4v) is 3.10. The summed E-state index contributed by atoms with van der Waals surface area (Å²) in [5, 5.41) is 6.21. The second-order valence-electron chi connectivity index (χ2n) is 7.16. The summed E-state index contributed by atoms with van der Waals surface area (Å²) in [6.45, 7) is 4.35. The number of nitrogens with zero attached hydrogens (tertiary/aromatic N) is 3. The molecule has 2 aromatic rings. The number of carbonyl (C=O) groups is 1. The Bertz CT molecular complexity index is 747. The predicted octanol–water partition coefficient (Wildman–Crippen LogP) is 2.93. The highest BCUT2D eigenvalue weighted by molar-refractivity contribution is 5.93. The van der Waals surface area contributed by atoms with Gasteiger partial charge in [0.15, 0.2) is 0 Å². The fourth-order valence-electron chi connectivity index (χ4n) is 3.10. The molecule has 136 valence electrons. The smallest absolute Gasteiger partial charge is 0.227 e. The molecule has 6 nitrogen and oxygen atoms in total. The maximum Gasteiger partial charge on any atom is 0.227 e. The van der Waals surface area contributed by atoms with Crippen LogP contribution in [0.15, 0.2) is 42.6 Å². The minimum absolute atomic E-state index is 0.104. The van der Waals surface area contributed by atoms with Crippen molar-refractivity contribution in [3.8, 4) is 0 Å². The Labute approximate surface area is 154 Å². The summed E-state index contributed by atoms with van der Waals surface area (Å²) in [5.41, 5.74) is 3.01. The van der Waals surface area contributed by atoms with Crippen LogP contribution in [0, 0.1) is 5.92 Å². The van der Waals surface area contributed by atoms with Crippen molar-refractivity contribution in [2.45, 2.75) is 12.8 Å². The van der Waals surface area contributed by atoms with Crippen LogP contribution in [-0.4, -0.2) is 49.0 Å². The Morgan fingerprint density at radius 3 is 2.31 bits per heavy atom. The van der Waals surface area contributed by atoms with Crippen LogP contribution >= 0.6 is 0 Å². The summed E-state index contributed by atoms with van der Waals surface area (Å²) < 4.78 is 0. The molecule has 1 aromatic carbocycles. The first-order chi connectivity index (χ1) is 12.7. The molecule has 0 bridgehead atoms. The van der Waals surface area contributed by atoms with Crippen LogP contribution in [0.2, 0.25) is 0 Å². The highest BCUT2D eigenvalue weighted by atomic mass is 16.2. The van der Waals surface area contributed by atoms with E-state index in [-0.39, 0.29) is 11.8 Å². The molecular weight excluding hydrogens is 326 g/mol. The lowest BCUT2D eigenvalue weighted by Crippen LogP contribution is -2.44. The number of hydrogen-bond acceptors (Lipinski definition) is 5. The summed E-state index contributed by atoms with van der Waals surface area (Å²) in [5.74, 6) is 1.07. The Kier molecular flexibility index (Phi) is 4.75. The van der Waals surface area contributed by atoms with Crippen molar-refractivity contribution in [1.29, 1.82) is 0 Å². The van der Waals surface area contributed by atoms with Crippen LogP contribution in [0.3, 0.4) is 0 Å². The van der Waals surface area contributed by atoms with E-state index in [1.165, 1.54) is 5.69 Å². The number of likely N-dealkylation sites (N-methyl/N-ethyl adjacent to an activating group) is 1. The van der Waals surface area contributed by atoms with Crippen LogP contribution in [0.5, 0.6) is 0 Å². The molecule has 0 atom stereocenters. The molecule has 0 radical (unpaired) electrons. The number of hydrogen-bond donors (Lipinski definition) is 2. The highest BCUT2D eigenvalue weighted by Gasteiger charge is 2.29. The lowest BCUT2D eigenvalue weighted by molar-refractivity contribution is -0.117. The number of amides is 1. The lowest BCUT2D eigenvalue weighted by Gasteiger charge is -2.34. The van der Waals surface area contributed by atoms with E-state index < -0.39 is 0 Å². The van der Waals surface area contributed by atoms with E-state index in [9.17, 15) is 4.79 Å². The van der Waals surface area contributed by atoms with E-state index in [1.807, 2.05) is 12.1 Å². The zero-order chi connectivity index (χ0) is 17.9. The van der Waals surface area contributed by atoms with Gasteiger partial charge in [0.25, 0.3) is 0 Å². The Balaban J connectivity index is 1.34. The molecule has 2 heterocycles. The Hall–Kier alpha value is -2.60. The first kappa shape index (κ1) is 16.8. The summed E-state index contributed by atoms with van der Waals surface area (Å²) in [6.07, 6.45) is 3.70. The van der Waals surface area contributed by atoms with Gasteiger partial charge in [-0.25, -0.2) is 4.98 Å². The van der Waals surface area contributed by atoms with Crippen LogP contribution in [0.1, 0.15) is 12.8 Å². The second kappa shape index (κ2) is 7.33. The fraction of sp³-hybridized carbons (Fsp3) is 0.400. The Morgan fingerprint density at radius 1 is 1.00 bits per heavy atom. The van der Waals surface area contributed by atoms with E-state index in [4.69, 9.17) is 0 Å². The number of carbonyl (C=O) groups excluding carboxylic acids is 1. The molecule has 2 fully saturated rings. The molecule has 1 aliphatic heterocycles. The third kappa shape index (κ3) is 4.14. The summed E-state index contributed by atoms with van der Waals surface area (Å²) in [6, 6.07) is 12.2. The molecule has 4 rings (SSSR count). The number of benzene rings is 1. The van der Waals surface area contributed by atoms with Gasteiger partial charge in [-0.2, -0.15) is 0 Å². The van der Waals surface area contributed by atoms with E-state index >= 15 is 0 Å². The number of aromatic nitrogens is 1. The molecular formula is C20H25N5O. The monoisotopic (exact) mass is 351 g/mol. The number of piperazine rings is 1. The van der Waals surface area contributed by atoms with Gasteiger partial charge in [-0.3, -0.25) is 4.79 Å². The maximum absolute atomic E-state index is 11.8. The first-order valence-corrected chi connectivity index (χ1v) is 9.25. The average Bonchev–Trinajstić information content (AvgIpc) is 3.50. The quantitative estimate of drug-likeness (QED) is 0.867. The largest absolute Gasteiger partial charge is 0.369 e. The molecule has 1 aliphatic carbocycles. The van der Waals surface area contributed by atoms with Gasteiger partial charge in [-0.05, 0) is 56.3 Å². The van der Waals surface area contributed by atoms with Gasteiger partial charge in [0.05, 0.1) is 11.9 Å². The first-order valence-electron chi connectivity index (χ1n) is 9.25. The van der Waals surface area contributed by atoms with Gasteiger partial charge in [-0.1, -0.05) is 0 Å². The van der Waals surface area contributed by atoms with Crippen LogP contribution in [0.4, 0.5) is 22.9 Å². The zero-order valence-electron chi connectivity index (χ0n) is 15.1. The van der Waals surface area contributed by atoms with Crippen LogP contribution in [-0.2, 0) is 4.79 Å². The van der Waals surface area contributed by atoms with E-state index in [0.717, 1.165) is 56.2 Å². The summed E-state index contributed by atoms with van der Waals surface area (Å²) in [7, 11) is 2.17. The Morgan fingerprint density at radius 2 is 1.69 bits per heavy atom. The standard InChI is InChI=1S/C20H25N5O/c1-24-10-12-25(13-11-24)18-7-4-16(5-8-18)22-19-9-6-17(14-21-19)23-20(26)15-2-3-15/h4-9,14-15H,2-3,10-13H2,1H3,(H,21,22)(H,23,26).